The van der Waals surface area contributed by atoms with Gasteiger partial charge in [-0.25, -0.2) is 19.3 Å². The highest BCUT2D eigenvalue weighted by molar-refractivity contribution is 5.52. The van der Waals surface area contributed by atoms with Crippen LogP contribution in [0.3, 0.4) is 0 Å². The molecule has 2 aromatic rings. The van der Waals surface area contributed by atoms with Crippen LogP contribution in [0, 0.1) is 6.92 Å². The highest BCUT2D eigenvalue weighted by Gasteiger charge is 2.22. The number of aromatic amines is 1. The Bertz CT molecular complexity index is 654. The molecule has 0 amide bonds. The lowest BCUT2D eigenvalue weighted by molar-refractivity contribution is 0.433. The molecule has 1 fully saturated rings. The van der Waals surface area contributed by atoms with Crippen molar-refractivity contribution in [2.75, 3.05) is 24.5 Å². The van der Waals surface area contributed by atoms with Crippen LogP contribution in [-0.2, 0) is 0 Å². The van der Waals surface area contributed by atoms with Gasteiger partial charge in [0.25, 0.3) is 0 Å². The van der Waals surface area contributed by atoms with Crippen LogP contribution in [0.5, 0.6) is 0 Å². The first-order chi connectivity index (χ1) is 9.70. The van der Waals surface area contributed by atoms with E-state index in [1.807, 2.05) is 13.0 Å². The van der Waals surface area contributed by atoms with Crippen LogP contribution in [0.25, 0.3) is 5.65 Å². The molecule has 0 spiro atoms. The minimum atomic E-state index is -0.237. The number of aryl methyl sites for hydroxylation is 1. The maximum absolute atomic E-state index is 11.6. The van der Waals surface area contributed by atoms with Gasteiger partial charge in [0.1, 0.15) is 11.6 Å². The lowest BCUT2D eigenvalue weighted by Crippen LogP contribution is -2.46. The number of nitrogens with one attached hydrogen (secondary N) is 2. The average molecular weight is 276 g/mol. The smallest absolute Gasteiger partial charge is 0.349 e. The standard InChI is InChI=1S/C13H20N6O/c1-3-18(10-5-4-6-14-8-10)11-7-12-16-17-13(20)19(12)9(2)15-11/h7,10,14H,3-6,8H2,1-2H3,(H,17,20). The zero-order chi connectivity index (χ0) is 14.1. The summed E-state index contributed by atoms with van der Waals surface area (Å²) in [5, 5.41) is 9.94. The molecular formula is C13H20N6O. The Morgan fingerprint density at radius 2 is 2.40 bits per heavy atom. The Kier molecular flexibility index (Phi) is 3.43. The highest BCUT2D eigenvalue weighted by Crippen LogP contribution is 2.19. The summed E-state index contributed by atoms with van der Waals surface area (Å²) in [6, 6.07) is 2.33. The van der Waals surface area contributed by atoms with Crippen molar-refractivity contribution < 1.29 is 0 Å². The molecule has 2 aromatic heterocycles. The third kappa shape index (κ3) is 2.18. The summed E-state index contributed by atoms with van der Waals surface area (Å²) in [4.78, 5) is 18.5. The second kappa shape index (κ2) is 5.24. The molecular weight excluding hydrogens is 256 g/mol. The van der Waals surface area contributed by atoms with Crippen molar-refractivity contribution in [3.63, 3.8) is 0 Å². The van der Waals surface area contributed by atoms with Crippen LogP contribution in [0.4, 0.5) is 5.82 Å². The van der Waals surface area contributed by atoms with E-state index in [2.05, 4.69) is 32.3 Å². The third-order valence-electron chi connectivity index (χ3n) is 3.90. The number of anilines is 1. The van der Waals surface area contributed by atoms with Crippen molar-refractivity contribution in [3.8, 4) is 0 Å². The Balaban J connectivity index is 2.00. The molecule has 1 unspecified atom stereocenters. The van der Waals surface area contributed by atoms with Gasteiger partial charge in [-0.2, -0.15) is 5.10 Å². The molecule has 1 atom stereocenters. The summed E-state index contributed by atoms with van der Waals surface area (Å²) in [7, 11) is 0. The van der Waals surface area contributed by atoms with Crippen molar-refractivity contribution in [3.05, 3.63) is 22.4 Å². The molecule has 0 aromatic carbocycles. The summed E-state index contributed by atoms with van der Waals surface area (Å²) in [5.41, 5.74) is 0.388. The van der Waals surface area contributed by atoms with E-state index in [1.165, 1.54) is 17.2 Å². The molecule has 2 N–H and O–H groups in total. The van der Waals surface area contributed by atoms with E-state index in [9.17, 15) is 4.79 Å². The van der Waals surface area contributed by atoms with E-state index in [0.717, 1.165) is 25.5 Å². The topological polar surface area (TPSA) is 78.3 Å². The summed E-state index contributed by atoms with van der Waals surface area (Å²) in [6.07, 6.45) is 2.35. The van der Waals surface area contributed by atoms with Crippen LogP contribution < -0.4 is 15.9 Å². The number of fused-ring (bicyclic) bond motifs is 1. The highest BCUT2D eigenvalue weighted by atomic mass is 16.1. The first-order valence-electron chi connectivity index (χ1n) is 7.13. The second-order valence-corrected chi connectivity index (χ2v) is 5.17. The molecule has 20 heavy (non-hydrogen) atoms. The van der Waals surface area contributed by atoms with Crippen LogP contribution in [0.15, 0.2) is 10.9 Å². The molecule has 108 valence electrons. The molecule has 1 aliphatic heterocycles. The number of hydrogen-bond acceptors (Lipinski definition) is 5. The number of likely N-dealkylation sites (N-methyl/N-ethyl adjacent to an activating group) is 1. The molecule has 0 radical (unpaired) electrons. The maximum Gasteiger partial charge on any atom is 0.349 e. The minimum absolute atomic E-state index is 0.237. The molecule has 7 heteroatoms. The molecule has 7 nitrogen and oxygen atoms in total. The van der Waals surface area contributed by atoms with E-state index >= 15 is 0 Å². The predicted octanol–water partition coefficient (Wildman–Crippen LogP) is 0.304. The van der Waals surface area contributed by atoms with Crippen LogP contribution >= 0.6 is 0 Å². The fourth-order valence-corrected chi connectivity index (χ4v) is 2.94. The van der Waals surface area contributed by atoms with Crippen molar-refractivity contribution in [1.29, 1.82) is 0 Å². The van der Waals surface area contributed by atoms with E-state index in [4.69, 9.17) is 0 Å². The third-order valence-corrected chi connectivity index (χ3v) is 3.90. The number of H-pyrrole nitrogens is 1. The van der Waals surface area contributed by atoms with Gasteiger partial charge in [0.2, 0.25) is 0 Å². The fourth-order valence-electron chi connectivity index (χ4n) is 2.94. The second-order valence-electron chi connectivity index (χ2n) is 5.17. The number of nitrogens with zero attached hydrogens (tertiary/aromatic N) is 4. The summed E-state index contributed by atoms with van der Waals surface area (Å²) in [6.45, 7) is 6.93. The number of piperidine rings is 1. The first-order valence-corrected chi connectivity index (χ1v) is 7.13. The molecule has 0 aliphatic carbocycles. The number of aromatic nitrogens is 4. The lowest BCUT2D eigenvalue weighted by atomic mass is 10.1. The summed E-state index contributed by atoms with van der Waals surface area (Å²) in [5.74, 6) is 1.56. The number of rotatable bonds is 3. The summed E-state index contributed by atoms with van der Waals surface area (Å²) < 4.78 is 1.50. The number of hydrogen-bond donors (Lipinski definition) is 2. The molecule has 1 saturated heterocycles. The van der Waals surface area contributed by atoms with Gasteiger partial charge in [-0.15, -0.1) is 0 Å². The van der Waals surface area contributed by atoms with Crippen molar-refractivity contribution in [1.82, 2.24) is 24.9 Å². The molecule has 0 saturated carbocycles. The van der Waals surface area contributed by atoms with Crippen molar-refractivity contribution in [2.24, 2.45) is 0 Å². The molecule has 3 rings (SSSR count). The minimum Gasteiger partial charge on any atom is -0.352 e. The first kappa shape index (κ1) is 13.1. The fraction of sp³-hybridized carbons (Fsp3) is 0.615. The Morgan fingerprint density at radius 1 is 1.55 bits per heavy atom. The zero-order valence-corrected chi connectivity index (χ0v) is 11.9. The lowest BCUT2D eigenvalue weighted by Gasteiger charge is -2.34. The molecule has 0 bridgehead atoms. The van der Waals surface area contributed by atoms with Gasteiger partial charge in [-0.1, -0.05) is 0 Å². The monoisotopic (exact) mass is 276 g/mol. The summed E-state index contributed by atoms with van der Waals surface area (Å²) >= 11 is 0. The Morgan fingerprint density at radius 3 is 3.10 bits per heavy atom. The van der Waals surface area contributed by atoms with Gasteiger partial charge in [-0.05, 0) is 33.2 Å². The van der Waals surface area contributed by atoms with Crippen LogP contribution in [-0.4, -0.2) is 45.3 Å². The van der Waals surface area contributed by atoms with Gasteiger partial charge in [0.05, 0.1) is 0 Å². The average Bonchev–Trinajstić information content (AvgIpc) is 2.83. The van der Waals surface area contributed by atoms with E-state index in [1.54, 1.807) is 0 Å². The van der Waals surface area contributed by atoms with Gasteiger partial charge < -0.3 is 10.2 Å². The maximum atomic E-state index is 11.6. The molecule has 1 aliphatic rings. The van der Waals surface area contributed by atoms with Gasteiger partial charge in [-0.3, -0.25) is 0 Å². The van der Waals surface area contributed by atoms with Gasteiger partial charge >= 0.3 is 5.69 Å². The van der Waals surface area contributed by atoms with Gasteiger partial charge in [0.15, 0.2) is 5.65 Å². The van der Waals surface area contributed by atoms with E-state index in [0.29, 0.717) is 17.5 Å². The van der Waals surface area contributed by atoms with Crippen LogP contribution in [0.2, 0.25) is 0 Å². The van der Waals surface area contributed by atoms with Gasteiger partial charge in [0, 0.05) is 25.2 Å². The predicted molar refractivity (Wildman–Crippen MR) is 77.3 cm³/mol. The normalized spacial score (nSPS) is 19.4. The van der Waals surface area contributed by atoms with Crippen molar-refractivity contribution in [2.45, 2.75) is 32.7 Å². The SMILES string of the molecule is CCN(c1cc2n[nH]c(=O)n2c(C)n1)C1CCCNC1. The molecule has 3 heterocycles. The zero-order valence-electron chi connectivity index (χ0n) is 11.9. The Hall–Kier alpha value is -1.89. The quantitative estimate of drug-likeness (QED) is 0.843. The van der Waals surface area contributed by atoms with E-state index < -0.39 is 0 Å². The van der Waals surface area contributed by atoms with E-state index in [-0.39, 0.29) is 5.69 Å². The Labute approximate surface area is 117 Å². The van der Waals surface area contributed by atoms with Crippen molar-refractivity contribution >= 4 is 11.5 Å². The van der Waals surface area contributed by atoms with Crippen LogP contribution in [0.1, 0.15) is 25.6 Å². The largest absolute Gasteiger partial charge is 0.352 e.